The monoisotopic (exact) mass is 367 g/mol. The fraction of sp³-hybridized carbons (Fsp3) is 0.409. The van der Waals surface area contributed by atoms with Crippen LogP contribution in [0.15, 0.2) is 60.7 Å². The smallest absolute Gasteiger partial charge is 0.314 e. The van der Waals surface area contributed by atoms with E-state index in [1.807, 2.05) is 36.4 Å². The van der Waals surface area contributed by atoms with Gasteiger partial charge in [0.1, 0.15) is 0 Å². The Morgan fingerprint density at radius 1 is 0.889 bits per heavy atom. The Morgan fingerprint density at radius 2 is 1.41 bits per heavy atom. The van der Waals surface area contributed by atoms with Crippen LogP contribution in [-0.2, 0) is 0 Å². The molecule has 1 fully saturated rings. The van der Waals surface area contributed by atoms with Gasteiger partial charge >= 0.3 is 6.03 Å². The molecule has 3 N–H and O–H groups in total. The number of carbonyl (C=O) groups is 1. The third kappa shape index (κ3) is 6.08. The third-order valence-electron chi connectivity index (χ3n) is 5.04. The summed E-state index contributed by atoms with van der Waals surface area (Å²) in [7, 11) is 0. The van der Waals surface area contributed by atoms with Crippen LogP contribution in [0.25, 0.3) is 0 Å². The molecule has 0 radical (unpaired) electrons. The second kappa shape index (κ2) is 10.1. The van der Waals surface area contributed by atoms with Crippen LogP contribution in [0.4, 0.5) is 4.79 Å². The molecule has 0 saturated carbocycles. The summed E-state index contributed by atoms with van der Waals surface area (Å²) in [6.07, 6.45) is 1.86. The number of hydrogen-bond acceptors (Lipinski definition) is 3. The Labute approximate surface area is 161 Å². The fourth-order valence-electron chi connectivity index (χ4n) is 3.59. The minimum atomic E-state index is -0.534. The predicted molar refractivity (Wildman–Crippen MR) is 108 cm³/mol. The van der Waals surface area contributed by atoms with Crippen LogP contribution in [-0.4, -0.2) is 54.9 Å². The maximum atomic E-state index is 12.2. The first-order chi connectivity index (χ1) is 13.2. The van der Waals surface area contributed by atoms with E-state index in [1.165, 1.54) is 12.8 Å². The van der Waals surface area contributed by atoms with Gasteiger partial charge in [-0.15, -0.1) is 0 Å². The highest BCUT2D eigenvalue weighted by atomic mass is 16.3. The molecule has 0 bridgehead atoms. The van der Waals surface area contributed by atoms with E-state index in [0.717, 1.165) is 24.2 Å². The Morgan fingerprint density at radius 3 is 1.96 bits per heavy atom. The first-order valence-corrected chi connectivity index (χ1v) is 9.74. The van der Waals surface area contributed by atoms with Crippen molar-refractivity contribution in [3.05, 3.63) is 71.8 Å². The zero-order chi connectivity index (χ0) is 18.9. The molecule has 5 heteroatoms. The van der Waals surface area contributed by atoms with Crippen LogP contribution in [0.3, 0.4) is 0 Å². The van der Waals surface area contributed by atoms with Crippen molar-refractivity contribution in [2.75, 3.05) is 32.7 Å². The normalized spacial score (nSPS) is 15.6. The van der Waals surface area contributed by atoms with Crippen molar-refractivity contribution in [1.82, 2.24) is 15.5 Å². The molecule has 0 spiro atoms. The second-order valence-electron chi connectivity index (χ2n) is 7.13. The van der Waals surface area contributed by atoms with E-state index in [1.54, 1.807) is 0 Å². The molecule has 3 rings (SSSR count). The van der Waals surface area contributed by atoms with E-state index >= 15 is 0 Å². The number of nitrogens with one attached hydrogen (secondary N) is 2. The van der Waals surface area contributed by atoms with Crippen molar-refractivity contribution < 1.29 is 9.90 Å². The number of nitrogens with zero attached hydrogens (tertiary/aromatic N) is 1. The average Bonchev–Trinajstić information content (AvgIpc) is 3.21. The molecule has 0 unspecified atom stereocenters. The summed E-state index contributed by atoms with van der Waals surface area (Å²) >= 11 is 0. The first kappa shape index (κ1) is 19.4. The number of hydrogen-bond donors (Lipinski definition) is 3. The quantitative estimate of drug-likeness (QED) is 0.672. The van der Waals surface area contributed by atoms with Crippen LogP contribution < -0.4 is 10.6 Å². The molecule has 2 aromatic carbocycles. The lowest BCUT2D eigenvalue weighted by molar-refractivity contribution is 0.124. The van der Waals surface area contributed by atoms with Crippen molar-refractivity contribution in [3.8, 4) is 0 Å². The standard InChI is InChI=1S/C22H29N3O2/c26-20(17-25-13-7-8-14-25)15-23-22(27)24-16-21(18-9-3-1-4-10-18)19-11-5-2-6-12-19/h1-6,9-12,20-21,26H,7-8,13-17H2,(H2,23,24,27)/t20-/m1/s1. The van der Waals surface area contributed by atoms with Gasteiger partial charge in [-0.25, -0.2) is 4.79 Å². The Hall–Kier alpha value is -2.37. The Kier molecular flexibility index (Phi) is 7.25. The lowest BCUT2D eigenvalue weighted by Gasteiger charge is -2.21. The lowest BCUT2D eigenvalue weighted by atomic mass is 9.91. The van der Waals surface area contributed by atoms with E-state index in [2.05, 4.69) is 39.8 Å². The number of urea groups is 1. The van der Waals surface area contributed by atoms with E-state index in [9.17, 15) is 9.90 Å². The van der Waals surface area contributed by atoms with E-state index in [-0.39, 0.29) is 18.5 Å². The summed E-state index contributed by atoms with van der Waals surface area (Å²) in [6.45, 7) is 3.47. The van der Waals surface area contributed by atoms with Crippen molar-refractivity contribution in [1.29, 1.82) is 0 Å². The van der Waals surface area contributed by atoms with Crippen molar-refractivity contribution in [3.63, 3.8) is 0 Å². The molecular weight excluding hydrogens is 338 g/mol. The summed E-state index contributed by atoms with van der Waals surface area (Å²) in [6, 6.07) is 20.1. The molecule has 27 heavy (non-hydrogen) atoms. The highest BCUT2D eigenvalue weighted by Gasteiger charge is 2.17. The SMILES string of the molecule is O=C(NCC(c1ccccc1)c1ccccc1)NC[C@@H](O)CN1CCCC1. The molecule has 0 aliphatic carbocycles. The largest absolute Gasteiger partial charge is 0.390 e. The van der Waals surface area contributed by atoms with Crippen LogP contribution in [0.5, 0.6) is 0 Å². The van der Waals surface area contributed by atoms with Gasteiger partial charge in [-0.2, -0.15) is 0 Å². The van der Waals surface area contributed by atoms with Gasteiger partial charge in [-0.05, 0) is 37.1 Å². The van der Waals surface area contributed by atoms with Gasteiger partial charge in [0.25, 0.3) is 0 Å². The summed E-state index contributed by atoms with van der Waals surface area (Å²) in [5.41, 5.74) is 2.33. The summed E-state index contributed by atoms with van der Waals surface area (Å²) in [4.78, 5) is 14.4. The molecule has 0 aromatic heterocycles. The van der Waals surface area contributed by atoms with Crippen LogP contribution in [0.2, 0.25) is 0 Å². The van der Waals surface area contributed by atoms with E-state index < -0.39 is 6.10 Å². The summed E-state index contributed by atoms with van der Waals surface area (Å²) in [5.74, 6) is 0.0904. The average molecular weight is 367 g/mol. The number of rotatable bonds is 8. The maximum Gasteiger partial charge on any atom is 0.314 e. The van der Waals surface area contributed by atoms with Crippen LogP contribution in [0.1, 0.15) is 29.9 Å². The number of amides is 2. The van der Waals surface area contributed by atoms with Crippen LogP contribution >= 0.6 is 0 Å². The molecule has 1 heterocycles. The molecular formula is C22H29N3O2. The number of aliphatic hydroxyl groups is 1. The summed E-state index contributed by atoms with van der Waals surface area (Å²) in [5, 5.41) is 15.8. The Bertz CT molecular complexity index is 648. The van der Waals surface area contributed by atoms with Gasteiger partial charge < -0.3 is 20.6 Å². The number of aliphatic hydroxyl groups excluding tert-OH is 1. The fourth-order valence-corrected chi connectivity index (χ4v) is 3.59. The van der Waals surface area contributed by atoms with E-state index in [4.69, 9.17) is 0 Å². The number of likely N-dealkylation sites (tertiary alicyclic amines) is 1. The maximum absolute atomic E-state index is 12.2. The van der Waals surface area contributed by atoms with E-state index in [0.29, 0.717) is 13.1 Å². The van der Waals surface area contributed by atoms with Crippen molar-refractivity contribution >= 4 is 6.03 Å². The van der Waals surface area contributed by atoms with Gasteiger partial charge in [0.05, 0.1) is 6.10 Å². The topological polar surface area (TPSA) is 64.6 Å². The molecule has 5 nitrogen and oxygen atoms in total. The zero-order valence-corrected chi connectivity index (χ0v) is 15.7. The van der Waals surface area contributed by atoms with Crippen molar-refractivity contribution in [2.45, 2.75) is 24.9 Å². The highest BCUT2D eigenvalue weighted by Crippen LogP contribution is 2.23. The molecule has 1 aliphatic heterocycles. The lowest BCUT2D eigenvalue weighted by Crippen LogP contribution is -2.44. The predicted octanol–water partition coefficient (Wildman–Crippen LogP) is 2.57. The minimum absolute atomic E-state index is 0.0904. The molecule has 2 aromatic rings. The van der Waals surface area contributed by atoms with Gasteiger partial charge in [0, 0.05) is 25.6 Å². The van der Waals surface area contributed by atoms with Crippen molar-refractivity contribution in [2.24, 2.45) is 0 Å². The number of carbonyl (C=O) groups excluding carboxylic acids is 1. The number of benzene rings is 2. The molecule has 2 amide bonds. The molecule has 144 valence electrons. The minimum Gasteiger partial charge on any atom is -0.390 e. The molecule has 1 saturated heterocycles. The first-order valence-electron chi connectivity index (χ1n) is 9.74. The van der Waals surface area contributed by atoms with Gasteiger partial charge in [-0.3, -0.25) is 0 Å². The number of β-amino-alcohol motifs (C(OH)–C–C–N with tert-alkyl or cyclic N) is 1. The second-order valence-corrected chi connectivity index (χ2v) is 7.13. The third-order valence-corrected chi connectivity index (χ3v) is 5.04. The molecule has 1 atom stereocenters. The van der Waals surface area contributed by atoms with Gasteiger partial charge in [0.2, 0.25) is 0 Å². The van der Waals surface area contributed by atoms with Gasteiger partial charge in [0.15, 0.2) is 0 Å². The zero-order valence-electron chi connectivity index (χ0n) is 15.7. The highest BCUT2D eigenvalue weighted by molar-refractivity contribution is 5.74. The van der Waals surface area contributed by atoms with Gasteiger partial charge in [-0.1, -0.05) is 60.7 Å². The Balaban J connectivity index is 1.50. The molecule has 1 aliphatic rings. The van der Waals surface area contributed by atoms with Crippen LogP contribution in [0, 0.1) is 0 Å². The summed E-state index contributed by atoms with van der Waals surface area (Å²) < 4.78 is 0.